The van der Waals surface area contributed by atoms with Gasteiger partial charge in [0.1, 0.15) is 23.4 Å². The molecule has 0 spiro atoms. The number of carbonyl (C=O) groups excluding carboxylic acids is 1. The molecule has 5 heterocycles. The van der Waals surface area contributed by atoms with Crippen molar-refractivity contribution in [1.29, 1.82) is 0 Å². The van der Waals surface area contributed by atoms with Crippen LogP contribution in [0, 0.1) is 11.7 Å². The summed E-state index contributed by atoms with van der Waals surface area (Å²) in [6.07, 6.45) is 6.40. The zero-order chi connectivity index (χ0) is 25.4. The van der Waals surface area contributed by atoms with Crippen molar-refractivity contribution < 1.29 is 13.7 Å². The number of amides is 1. The van der Waals surface area contributed by atoms with Crippen molar-refractivity contribution >= 4 is 32.7 Å². The molecule has 6 rings (SSSR count). The second-order valence-electron chi connectivity index (χ2n) is 9.50. The summed E-state index contributed by atoms with van der Waals surface area (Å²) >= 11 is 1.31. The highest BCUT2D eigenvalue weighted by Gasteiger charge is 2.30. The van der Waals surface area contributed by atoms with Gasteiger partial charge in [0.25, 0.3) is 5.56 Å². The topological polar surface area (TPSA) is 110 Å². The molecule has 2 fully saturated rings. The lowest BCUT2D eigenvalue weighted by molar-refractivity contribution is -0.137. The van der Waals surface area contributed by atoms with Gasteiger partial charge in [-0.25, -0.2) is 9.37 Å². The van der Waals surface area contributed by atoms with Crippen LogP contribution < -0.4 is 10.5 Å². The van der Waals surface area contributed by atoms with Gasteiger partial charge in [-0.2, -0.15) is 9.97 Å². The largest absolute Gasteiger partial charge is 0.348 e. The molecule has 0 radical (unpaired) electrons. The number of aromatic nitrogens is 5. The molecule has 10 nitrogen and oxygen atoms in total. The lowest BCUT2D eigenvalue weighted by Gasteiger charge is -2.35. The van der Waals surface area contributed by atoms with Crippen molar-refractivity contribution in [2.24, 2.45) is 5.92 Å². The van der Waals surface area contributed by atoms with Crippen LogP contribution in [0.1, 0.15) is 38.0 Å². The summed E-state index contributed by atoms with van der Waals surface area (Å²) in [5, 5.41) is 4.64. The normalized spacial score (nSPS) is 17.0. The van der Waals surface area contributed by atoms with Crippen molar-refractivity contribution in [3.8, 4) is 11.4 Å². The third-order valence-corrected chi connectivity index (χ3v) is 8.10. The monoisotopic (exact) mass is 523 g/mol. The first kappa shape index (κ1) is 23.7. The molecule has 0 bridgehead atoms. The highest BCUT2D eigenvalue weighted by Crippen LogP contribution is 2.30. The van der Waals surface area contributed by atoms with E-state index in [1.54, 1.807) is 12.1 Å². The SMILES string of the molecule is O=C(C1CCN(c2nc3ncn(Cc4nc(-c5cccc(F)c5)no4)c(=O)c3s2)CC1)N1CCCCC1. The van der Waals surface area contributed by atoms with Crippen molar-refractivity contribution in [3.63, 3.8) is 0 Å². The third-order valence-electron chi connectivity index (χ3n) is 7.01. The number of nitrogens with zero attached hydrogens (tertiary/aromatic N) is 7. The molecular weight excluding hydrogens is 497 g/mol. The third kappa shape index (κ3) is 4.85. The van der Waals surface area contributed by atoms with E-state index in [4.69, 9.17) is 4.52 Å². The molecule has 0 saturated carbocycles. The van der Waals surface area contributed by atoms with Gasteiger partial charge in [-0.1, -0.05) is 28.6 Å². The lowest BCUT2D eigenvalue weighted by atomic mass is 9.94. The van der Waals surface area contributed by atoms with Crippen LogP contribution >= 0.6 is 11.3 Å². The molecule has 1 aromatic carbocycles. The number of rotatable bonds is 5. The fourth-order valence-electron chi connectivity index (χ4n) is 4.98. The second kappa shape index (κ2) is 10.0. The van der Waals surface area contributed by atoms with E-state index in [1.807, 2.05) is 4.90 Å². The van der Waals surface area contributed by atoms with Crippen molar-refractivity contribution in [1.82, 2.24) is 29.6 Å². The molecule has 0 unspecified atom stereocenters. The summed E-state index contributed by atoms with van der Waals surface area (Å²) in [7, 11) is 0. The van der Waals surface area contributed by atoms with E-state index in [0.717, 1.165) is 57.0 Å². The van der Waals surface area contributed by atoms with E-state index < -0.39 is 5.82 Å². The van der Waals surface area contributed by atoms with Gasteiger partial charge in [0.2, 0.25) is 17.6 Å². The van der Waals surface area contributed by atoms with Crippen LogP contribution in [-0.4, -0.2) is 61.7 Å². The van der Waals surface area contributed by atoms with Gasteiger partial charge in [-0.15, -0.1) is 0 Å². The van der Waals surface area contributed by atoms with E-state index in [1.165, 1.54) is 40.8 Å². The van der Waals surface area contributed by atoms with E-state index >= 15 is 0 Å². The number of benzene rings is 1. The first-order chi connectivity index (χ1) is 18.0. The lowest BCUT2D eigenvalue weighted by Crippen LogP contribution is -2.44. The predicted octanol–water partition coefficient (Wildman–Crippen LogP) is 3.32. The van der Waals surface area contributed by atoms with Crippen LogP contribution in [-0.2, 0) is 11.3 Å². The summed E-state index contributed by atoms with van der Waals surface area (Å²) in [5.41, 5.74) is 0.651. The second-order valence-corrected chi connectivity index (χ2v) is 10.5. The molecule has 0 aliphatic carbocycles. The highest BCUT2D eigenvalue weighted by molar-refractivity contribution is 7.22. The van der Waals surface area contributed by atoms with Crippen molar-refractivity contribution in [2.75, 3.05) is 31.1 Å². The van der Waals surface area contributed by atoms with Crippen LogP contribution in [0.2, 0.25) is 0 Å². The van der Waals surface area contributed by atoms with Gasteiger partial charge in [0.05, 0.1) is 0 Å². The number of likely N-dealkylation sites (tertiary alicyclic amines) is 1. The Morgan fingerprint density at radius 2 is 1.92 bits per heavy atom. The van der Waals surface area contributed by atoms with E-state index in [2.05, 4.69) is 25.0 Å². The summed E-state index contributed by atoms with van der Waals surface area (Å²) in [6.45, 7) is 3.25. The molecule has 1 amide bonds. The number of anilines is 1. The molecule has 2 saturated heterocycles. The molecule has 2 aliphatic heterocycles. The van der Waals surface area contributed by atoms with E-state index in [0.29, 0.717) is 15.9 Å². The van der Waals surface area contributed by atoms with Gasteiger partial charge in [0, 0.05) is 37.7 Å². The van der Waals surface area contributed by atoms with Crippen LogP contribution in [0.15, 0.2) is 39.9 Å². The molecular formula is C25H26FN7O3S. The summed E-state index contributed by atoms with van der Waals surface area (Å²) in [5.74, 6) is 0.417. The van der Waals surface area contributed by atoms with Gasteiger partial charge >= 0.3 is 0 Å². The minimum atomic E-state index is -0.395. The molecule has 3 aromatic heterocycles. The Balaban J connectivity index is 1.14. The molecule has 12 heteroatoms. The number of hydrogen-bond acceptors (Lipinski definition) is 9. The first-order valence-corrected chi connectivity index (χ1v) is 13.3. The average molecular weight is 524 g/mol. The average Bonchev–Trinajstić information content (AvgIpc) is 3.59. The van der Waals surface area contributed by atoms with Crippen LogP contribution in [0.25, 0.3) is 21.7 Å². The van der Waals surface area contributed by atoms with E-state index in [9.17, 15) is 14.0 Å². The fraction of sp³-hybridized carbons (Fsp3) is 0.440. The Bertz CT molecular complexity index is 1480. The molecule has 37 heavy (non-hydrogen) atoms. The Labute approximate surface area is 215 Å². The number of halogens is 1. The Hall–Kier alpha value is -3.67. The quantitative estimate of drug-likeness (QED) is 0.392. The minimum Gasteiger partial charge on any atom is -0.348 e. The van der Waals surface area contributed by atoms with E-state index in [-0.39, 0.29) is 35.6 Å². The minimum absolute atomic E-state index is 0.0430. The number of fused-ring (bicyclic) bond motifs is 1. The van der Waals surface area contributed by atoms with Gasteiger partial charge in [0.15, 0.2) is 10.8 Å². The van der Waals surface area contributed by atoms with Gasteiger partial charge < -0.3 is 14.3 Å². The van der Waals surface area contributed by atoms with Crippen molar-refractivity contribution in [3.05, 3.63) is 52.7 Å². The van der Waals surface area contributed by atoms with Crippen LogP contribution in [0.5, 0.6) is 0 Å². The van der Waals surface area contributed by atoms with Gasteiger partial charge in [-0.05, 0) is 44.2 Å². The summed E-state index contributed by atoms with van der Waals surface area (Å²) in [6, 6.07) is 5.91. The molecule has 2 aliphatic rings. The smallest absolute Gasteiger partial charge is 0.273 e. The molecule has 192 valence electrons. The highest BCUT2D eigenvalue weighted by atomic mass is 32.1. The Morgan fingerprint density at radius 1 is 1.11 bits per heavy atom. The maximum Gasteiger partial charge on any atom is 0.273 e. The van der Waals surface area contributed by atoms with Crippen LogP contribution in [0.4, 0.5) is 9.52 Å². The summed E-state index contributed by atoms with van der Waals surface area (Å²) in [4.78, 5) is 43.4. The van der Waals surface area contributed by atoms with Gasteiger partial charge in [-0.3, -0.25) is 14.2 Å². The maximum absolute atomic E-state index is 13.5. The fourth-order valence-corrected chi connectivity index (χ4v) is 6.00. The first-order valence-electron chi connectivity index (χ1n) is 12.5. The molecule has 4 aromatic rings. The number of carbonyl (C=O) groups is 1. The number of hydrogen-bond donors (Lipinski definition) is 0. The number of thiazole rings is 1. The zero-order valence-electron chi connectivity index (χ0n) is 20.2. The van der Waals surface area contributed by atoms with Crippen molar-refractivity contribution in [2.45, 2.75) is 38.6 Å². The Morgan fingerprint density at radius 3 is 2.70 bits per heavy atom. The standard InChI is InChI=1S/C25H26FN7O3S/c26-18-6-4-5-17(13-18)21-28-19(36-30-21)14-33-15-27-22-20(24(33)35)37-25(29-22)32-11-7-16(8-12-32)23(34)31-9-2-1-3-10-31/h4-6,13,15-16H,1-3,7-12,14H2. The Kier molecular flexibility index (Phi) is 6.41. The van der Waals surface area contributed by atoms with Crippen LogP contribution in [0.3, 0.4) is 0 Å². The maximum atomic E-state index is 13.5. The predicted molar refractivity (Wildman–Crippen MR) is 136 cm³/mol. The zero-order valence-corrected chi connectivity index (χ0v) is 21.0. The number of piperidine rings is 2. The summed E-state index contributed by atoms with van der Waals surface area (Å²) < 4.78 is 20.6. The molecule has 0 atom stereocenters. The molecule has 0 N–H and O–H groups in total.